The van der Waals surface area contributed by atoms with Crippen molar-refractivity contribution in [1.82, 2.24) is 5.43 Å². The molecule has 0 spiro atoms. The van der Waals surface area contributed by atoms with Crippen LogP contribution in [0.15, 0.2) is 42.5 Å². The molecule has 80 valence electrons. The molecule has 1 aliphatic heterocycles. The minimum absolute atomic E-state index is 0.0909. The summed E-state index contributed by atoms with van der Waals surface area (Å²) in [6.07, 6.45) is 0.576. The van der Waals surface area contributed by atoms with E-state index in [-0.39, 0.29) is 5.91 Å². The first-order valence-corrected chi connectivity index (χ1v) is 5.39. The summed E-state index contributed by atoms with van der Waals surface area (Å²) in [6, 6.07) is 14.4. The van der Waals surface area contributed by atoms with Gasteiger partial charge in [0.25, 0.3) is 0 Å². The second-order valence-corrected chi connectivity index (χ2v) is 3.97. The van der Waals surface area contributed by atoms with Gasteiger partial charge in [-0.3, -0.25) is 15.2 Å². The van der Waals surface area contributed by atoms with E-state index in [1.54, 1.807) is 0 Å². The molecule has 1 aliphatic rings. The molecule has 0 atom stereocenters. The Hall–Kier alpha value is -2.03. The van der Waals surface area contributed by atoms with E-state index in [1.165, 1.54) is 10.8 Å². The molecule has 1 heterocycles. The number of carbonyl (C=O) groups excluding carboxylic acids is 1. The number of hydrazine groups is 1. The maximum atomic E-state index is 11.1. The van der Waals surface area contributed by atoms with E-state index in [4.69, 9.17) is 0 Å². The summed E-state index contributed by atoms with van der Waals surface area (Å²) in [5, 5.41) is 4.31. The van der Waals surface area contributed by atoms with Crippen LogP contribution >= 0.6 is 0 Å². The Morgan fingerprint density at radius 3 is 2.62 bits per heavy atom. The average molecular weight is 212 g/mol. The summed E-state index contributed by atoms with van der Waals surface area (Å²) in [5.74, 6) is 0.0909. The van der Waals surface area contributed by atoms with Crippen molar-refractivity contribution in [2.45, 2.75) is 6.42 Å². The van der Waals surface area contributed by atoms with Gasteiger partial charge in [-0.2, -0.15) is 0 Å². The Morgan fingerprint density at radius 1 is 1.06 bits per heavy atom. The predicted octanol–water partition coefficient (Wildman–Crippen LogP) is 2.08. The SMILES string of the molecule is O=C1CCN(c2ccc3ccccc3c2)N1. The molecule has 0 aliphatic carbocycles. The van der Waals surface area contributed by atoms with Gasteiger partial charge in [-0.15, -0.1) is 0 Å². The van der Waals surface area contributed by atoms with Gasteiger partial charge < -0.3 is 0 Å². The second kappa shape index (κ2) is 3.52. The Balaban J connectivity index is 2.02. The minimum Gasteiger partial charge on any atom is -0.285 e. The van der Waals surface area contributed by atoms with Gasteiger partial charge in [0.1, 0.15) is 0 Å². The van der Waals surface area contributed by atoms with E-state index in [9.17, 15) is 4.79 Å². The van der Waals surface area contributed by atoms with Crippen molar-refractivity contribution in [3.05, 3.63) is 42.5 Å². The number of benzene rings is 2. The van der Waals surface area contributed by atoms with E-state index in [2.05, 4.69) is 29.7 Å². The molecule has 3 rings (SSSR count). The van der Waals surface area contributed by atoms with Crippen LogP contribution in [0.25, 0.3) is 10.8 Å². The number of carbonyl (C=O) groups is 1. The third-order valence-corrected chi connectivity index (χ3v) is 2.87. The number of hydrogen-bond donors (Lipinski definition) is 1. The Bertz CT molecular complexity index is 550. The van der Waals surface area contributed by atoms with Crippen molar-refractivity contribution >= 4 is 22.4 Å². The largest absolute Gasteiger partial charge is 0.285 e. The van der Waals surface area contributed by atoms with Gasteiger partial charge in [-0.1, -0.05) is 30.3 Å². The monoisotopic (exact) mass is 212 g/mol. The van der Waals surface area contributed by atoms with Crippen molar-refractivity contribution in [3.8, 4) is 0 Å². The van der Waals surface area contributed by atoms with E-state index >= 15 is 0 Å². The molecule has 16 heavy (non-hydrogen) atoms. The first kappa shape index (κ1) is 9.21. The lowest BCUT2D eigenvalue weighted by Crippen LogP contribution is -2.32. The summed E-state index contributed by atoms with van der Waals surface area (Å²) in [4.78, 5) is 11.1. The zero-order valence-electron chi connectivity index (χ0n) is 8.81. The molecular weight excluding hydrogens is 200 g/mol. The normalized spacial score (nSPS) is 15.5. The number of fused-ring (bicyclic) bond motifs is 1. The summed E-state index contributed by atoms with van der Waals surface area (Å²) in [5.41, 5.74) is 3.88. The molecule has 1 N–H and O–H groups in total. The summed E-state index contributed by atoms with van der Waals surface area (Å²) in [7, 11) is 0. The van der Waals surface area contributed by atoms with E-state index in [0.717, 1.165) is 12.2 Å². The van der Waals surface area contributed by atoms with Gasteiger partial charge in [0, 0.05) is 13.0 Å². The first-order valence-electron chi connectivity index (χ1n) is 5.39. The fourth-order valence-corrected chi connectivity index (χ4v) is 2.01. The highest BCUT2D eigenvalue weighted by molar-refractivity contribution is 5.87. The van der Waals surface area contributed by atoms with Crippen molar-refractivity contribution in [2.24, 2.45) is 0 Å². The molecule has 0 unspecified atom stereocenters. The predicted molar refractivity (Wildman–Crippen MR) is 64.1 cm³/mol. The van der Waals surface area contributed by atoms with E-state index in [0.29, 0.717) is 6.42 Å². The van der Waals surface area contributed by atoms with Crippen LogP contribution in [-0.4, -0.2) is 12.5 Å². The molecule has 3 heteroatoms. The average Bonchev–Trinajstić information content (AvgIpc) is 2.75. The first-order chi connectivity index (χ1) is 7.83. The standard InChI is InChI=1S/C13H12N2O/c16-13-7-8-15(14-13)12-6-5-10-3-1-2-4-11(10)9-12/h1-6,9H,7-8H2,(H,14,16). The van der Waals surface area contributed by atoms with Crippen LogP contribution in [0, 0.1) is 0 Å². The van der Waals surface area contributed by atoms with E-state index < -0.39 is 0 Å². The van der Waals surface area contributed by atoms with Crippen LogP contribution in [0.3, 0.4) is 0 Å². The van der Waals surface area contributed by atoms with Gasteiger partial charge in [-0.25, -0.2) is 0 Å². The smallest absolute Gasteiger partial charge is 0.240 e. The summed E-state index contributed by atoms with van der Waals surface area (Å²) in [6.45, 7) is 0.747. The van der Waals surface area contributed by atoms with Gasteiger partial charge in [-0.05, 0) is 22.9 Å². The van der Waals surface area contributed by atoms with Gasteiger partial charge in [0.05, 0.1) is 5.69 Å². The highest BCUT2D eigenvalue weighted by Crippen LogP contribution is 2.22. The molecule has 1 fully saturated rings. The van der Waals surface area contributed by atoms with Gasteiger partial charge in [0.2, 0.25) is 5.91 Å². The third-order valence-electron chi connectivity index (χ3n) is 2.87. The molecule has 3 nitrogen and oxygen atoms in total. The Kier molecular flexibility index (Phi) is 2.03. The Morgan fingerprint density at radius 2 is 1.88 bits per heavy atom. The lowest BCUT2D eigenvalue weighted by atomic mass is 10.1. The molecule has 0 radical (unpaired) electrons. The third kappa shape index (κ3) is 1.50. The number of anilines is 1. The molecular formula is C13H12N2O. The van der Waals surface area contributed by atoms with Crippen LogP contribution < -0.4 is 10.4 Å². The number of nitrogens with one attached hydrogen (secondary N) is 1. The highest BCUT2D eigenvalue weighted by atomic mass is 16.2. The second-order valence-electron chi connectivity index (χ2n) is 3.97. The van der Waals surface area contributed by atoms with E-state index in [1.807, 2.05) is 23.2 Å². The quantitative estimate of drug-likeness (QED) is 0.785. The fourth-order valence-electron chi connectivity index (χ4n) is 2.01. The number of nitrogens with zero attached hydrogens (tertiary/aromatic N) is 1. The lowest BCUT2D eigenvalue weighted by molar-refractivity contribution is -0.119. The fraction of sp³-hybridized carbons (Fsp3) is 0.154. The van der Waals surface area contributed by atoms with Crippen LogP contribution in [0.1, 0.15) is 6.42 Å². The summed E-state index contributed by atoms with van der Waals surface area (Å²) < 4.78 is 0. The van der Waals surface area contributed by atoms with Crippen molar-refractivity contribution in [2.75, 3.05) is 11.6 Å². The molecule has 0 saturated carbocycles. The Labute approximate surface area is 93.6 Å². The maximum absolute atomic E-state index is 11.1. The van der Waals surface area contributed by atoms with Crippen LogP contribution in [-0.2, 0) is 4.79 Å². The number of amides is 1. The van der Waals surface area contributed by atoms with Gasteiger partial charge >= 0.3 is 0 Å². The number of hydrogen-bond acceptors (Lipinski definition) is 2. The maximum Gasteiger partial charge on any atom is 0.240 e. The van der Waals surface area contributed by atoms with Gasteiger partial charge in [0.15, 0.2) is 0 Å². The molecule has 1 saturated heterocycles. The summed E-state index contributed by atoms with van der Waals surface area (Å²) >= 11 is 0. The minimum atomic E-state index is 0.0909. The van der Waals surface area contributed by atoms with Crippen LogP contribution in [0.5, 0.6) is 0 Å². The topological polar surface area (TPSA) is 32.3 Å². The van der Waals surface area contributed by atoms with Crippen LogP contribution in [0.4, 0.5) is 5.69 Å². The van der Waals surface area contributed by atoms with Crippen LogP contribution in [0.2, 0.25) is 0 Å². The molecule has 2 aromatic carbocycles. The zero-order chi connectivity index (χ0) is 11.0. The van der Waals surface area contributed by atoms with Crippen molar-refractivity contribution < 1.29 is 4.79 Å². The molecule has 2 aromatic rings. The highest BCUT2D eigenvalue weighted by Gasteiger charge is 2.18. The zero-order valence-corrected chi connectivity index (χ0v) is 8.81. The van der Waals surface area contributed by atoms with Crippen molar-refractivity contribution in [1.29, 1.82) is 0 Å². The lowest BCUT2D eigenvalue weighted by Gasteiger charge is -2.17. The molecule has 0 aromatic heterocycles. The number of rotatable bonds is 1. The van der Waals surface area contributed by atoms with Crippen molar-refractivity contribution in [3.63, 3.8) is 0 Å². The molecule has 0 bridgehead atoms. The molecule has 1 amide bonds.